The molecule has 0 saturated carbocycles. The third kappa shape index (κ3) is 7.40. The molecule has 0 aromatic heterocycles. The number of carbonyl (C=O) groups excluding carboxylic acids is 2. The molecule has 0 bridgehead atoms. The predicted molar refractivity (Wildman–Crippen MR) is 114 cm³/mol. The van der Waals surface area contributed by atoms with Crippen LogP contribution in [0.3, 0.4) is 0 Å². The number of methoxy groups -OCH3 is 1. The highest BCUT2D eigenvalue weighted by atomic mass is 79.9. The lowest BCUT2D eigenvalue weighted by atomic mass is 10.1. The van der Waals surface area contributed by atoms with Crippen LogP contribution in [-0.4, -0.2) is 38.4 Å². The van der Waals surface area contributed by atoms with Crippen LogP contribution in [0.1, 0.15) is 18.1 Å². The maximum Gasteiger partial charge on any atom is 0.343 e. The number of hydrazone groups is 1. The van der Waals surface area contributed by atoms with Crippen molar-refractivity contribution in [1.29, 1.82) is 0 Å². The summed E-state index contributed by atoms with van der Waals surface area (Å²) in [4.78, 5) is 23.3. The van der Waals surface area contributed by atoms with Crippen LogP contribution in [0, 0.1) is 0 Å². The number of rotatable bonds is 9. The molecule has 0 unspecified atom stereocenters. The first-order valence-electron chi connectivity index (χ1n) is 8.65. The molecule has 2 rings (SSSR count). The summed E-state index contributed by atoms with van der Waals surface area (Å²) >= 11 is 9.60. The standard InChI is InChI=1S/C20H20BrClN2O5/c1-3-28-17-9-14(8-16(22)20(17)29-12-19(26)27-2)11-23-24-18(25)10-13-4-6-15(21)7-5-13/h4-9,11H,3,10,12H2,1-2H3,(H,24,25)/b23-11-. The van der Waals surface area contributed by atoms with Crippen LogP contribution in [0.15, 0.2) is 46.0 Å². The number of esters is 1. The first-order valence-corrected chi connectivity index (χ1v) is 9.82. The van der Waals surface area contributed by atoms with E-state index in [9.17, 15) is 9.59 Å². The summed E-state index contributed by atoms with van der Waals surface area (Å²) in [5, 5.41) is 4.19. The van der Waals surface area contributed by atoms with Gasteiger partial charge in [-0.1, -0.05) is 39.7 Å². The molecule has 2 aromatic rings. The third-order valence-electron chi connectivity index (χ3n) is 3.57. The molecule has 2 aromatic carbocycles. The van der Waals surface area contributed by atoms with Gasteiger partial charge in [0, 0.05) is 4.47 Å². The lowest BCUT2D eigenvalue weighted by Crippen LogP contribution is -2.19. The number of benzene rings is 2. The van der Waals surface area contributed by atoms with E-state index in [1.165, 1.54) is 13.3 Å². The summed E-state index contributed by atoms with van der Waals surface area (Å²) in [5.74, 6) is -0.206. The Bertz CT molecular complexity index is 887. The second-order valence-electron chi connectivity index (χ2n) is 5.72. The zero-order valence-electron chi connectivity index (χ0n) is 15.9. The topological polar surface area (TPSA) is 86.2 Å². The van der Waals surface area contributed by atoms with Crippen molar-refractivity contribution >= 4 is 45.6 Å². The second kappa shape index (κ2) is 11.4. The number of nitrogens with one attached hydrogen (secondary N) is 1. The number of carbonyl (C=O) groups is 2. The predicted octanol–water partition coefficient (Wildman–Crippen LogP) is 3.75. The van der Waals surface area contributed by atoms with Gasteiger partial charge in [0.25, 0.3) is 0 Å². The lowest BCUT2D eigenvalue weighted by molar-refractivity contribution is -0.142. The molecular weight excluding hydrogens is 464 g/mol. The fourth-order valence-electron chi connectivity index (χ4n) is 2.26. The van der Waals surface area contributed by atoms with Crippen molar-refractivity contribution in [2.24, 2.45) is 5.10 Å². The van der Waals surface area contributed by atoms with Crippen LogP contribution < -0.4 is 14.9 Å². The summed E-state index contributed by atoms with van der Waals surface area (Å²) in [6, 6.07) is 10.7. The highest BCUT2D eigenvalue weighted by molar-refractivity contribution is 9.10. The van der Waals surface area contributed by atoms with E-state index < -0.39 is 5.97 Å². The van der Waals surface area contributed by atoms with Gasteiger partial charge in [0.15, 0.2) is 18.1 Å². The van der Waals surface area contributed by atoms with Crippen LogP contribution in [0.4, 0.5) is 0 Å². The number of halogens is 2. The minimum Gasteiger partial charge on any atom is -0.490 e. The van der Waals surface area contributed by atoms with E-state index in [2.05, 4.69) is 31.2 Å². The molecule has 0 fully saturated rings. The largest absolute Gasteiger partial charge is 0.490 e. The van der Waals surface area contributed by atoms with Gasteiger partial charge in [-0.2, -0.15) is 5.10 Å². The van der Waals surface area contributed by atoms with Gasteiger partial charge >= 0.3 is 5.97 Å². The van der Waals surface area contributed by atoms with Crippen molar-refractivity contribution in [3.63, 3.8) is 0 Å². The Morgan fingerprint density at radius 3 is 2.59 bits per heavy atom. The highest BCUT2D eigenvalue weighted by Crippen LogP contribution is 2.36. The van der Waals surface area contributed by atoms with Gasteiger partial charge < -0.3 is 14.2 Å². The Labute approximate surface area is 182 Å². The average Bonchev–Trinajstić information content (AvgIpc) is 2.69. The third-order valence-corrected chi connectivity index (χ3v) is 4.38. The van der Waals surface area contributed by atoms with E-state index in [1.807, 2.05) is 24.3 Å². The fraction of sp³-hybridized carbons (Fsp3) is 0.250. The molecule has 1 amide bonds. The number of nitrogens with zero attached hydrogens (tertiary/aromatic N) is 1. The zero-order chi connectivity index (χ0) is 21.2. The smallest absolute Gasteiger partial charge is 0.343 e. The number of ether oxygens (including phenoxy) is 3. The van der Waals surface area contributed by atoms with Crippen molar-refractivity contribution in [1.82, 2.24) is 5.43 Å². The minimum atomic E-state index is -0.539. The Balaban J connectivity index is 2.04. The fourth-order valence-corrected chi connectivity index (χ4v) is 2.80. The molecule has 0 aliphatic heterocycles. The monoisotopic (exact) mass is 482 g/mol. The molecule has 0 spiro atoms. The van der Waals surface area contributed by atoms with Gasteiger partial charge in [0.1, 0.15) is 0 Å². The van der Waals surface area contributed by atoms with Gasteiger partial charge in [-0.3, -0.25) is 4.79 Å². The van der Waals surface area contributed by atoms with Crippen LogP contribution in [-0.2, 0) is 20.7 Å². The summed E-state index contributed by atoms with van der Waals surface area (Å²) in [5.41, 5.74) is 3.93. The molecule has 1 N–H and O–H groups in total. The van der Waals surface area contributed by atoms with Crippen molar-refractivity contribution in [2.75, 3.05) is 20.3 Å². The minimum absolute atomic E-state index is 0.204. The van der Waals surface area contributed by atoms with Crippen molar-refractivity contribution in [2.45, 2.75) is 13.3 Å². The maximum absolute atomic E-state index is 12.0. The Hall–Kier alpha value is -2.58. The molecule has 0 saturated heterocycles. The molecule has 0 heterocycles. The van der Waals surface area contributed by atoms with E-state index in [0.29, 0.717) is 17.9 Å². The van der Waals surface area contributed by atoms with Crippen LogP contribution in [0.2, 0.25) is 5.02 Å². The SMILES string of the molecule is CCOc1cc(/C=N\NC(=O)Cc2ccc(Br)cc2)cc(Cl)c1OCC(=O)OC. The van der Waals surface area contributed by atoms with Gasteiger partial charge in [0.2, 0.25) is 5.91 Å². The summed E-state index contributed by atoms with van der Waals surface area (Å²) in [6.07, 6.45) is 1.65. The van der Waals surface area contributed by atoms with E-state index in [0.717, 1.165) is 10.0 Å². The molecule has 9 heteroatoms. The molecule has 29 heavy (non-hydrogen) atoms. The molecule has 7 nitrogen and oxygen atoms in total. The van der Waals surface area contributed by atoms with E-state index in [4.69, 9.17) is 21.1 Å². The summed E-state index contributed by atoms with van der Waals surface area (Å²) in [6.45, 7) is 1.88. The van der Waals surface area contributed by atoms with Crippen LogP contribution in [0.25, 0.3) is 0 Å². The zero-order valence-corrected chi connectivity index (χ0v) is 18.2. The van der Waals surface area contributed by atoms with Crippen LogP contribution >= 0.6 is 27.5 Å². The van der Waals surface area contributed by atoms with Crippen molar-refractivity contribution < 1.29 is 23.8 Å². The van der Waals surface area contributed by atoms with E-state index in [-0.39, 0.29) is 29.7 Å². The van der Waals surface area contributed by atoms with Gasteiger partial charge in [0.05, 0.1) is 31.4 Å². The quantitative estimate of drug-likeness (QED) is 0.333. The molecule has 154 valence electrons. The Morgan fingerprint density at radius 1 is 1.21 bits per heavy atom. The van der Waals surface area contributed by atoms with Crippen molar-refractivity contribution in [3.8, 4) is 11.5 Å². The van der Waals surface area contributed by atoms with Gasteiger partial charge in [-0.05, 0) is 42.3 Å². The normalized spacial score (nSPS) is 10.6. The van der Waals surface area contributed by atoms with Gasteiger partial charge in [-0.15, -0.1) is 0 Å². The Morgan fingerprint density at radius 2 is 1.93 bits per heavy atom. The summed E-state index contributed by atoms with van der Waals surface area (Å²) in [7, 11) is 1.27. The molecule has 0 atom stereocenters. The Kier molecular flexibility index (Phi) is 8.95. The second-order valence-corrected chi connectivity index (χ2v) is 7.05. The molecule has 0 aliphatic carbocycles. The van der Waals surface area contributed by atoms with E-state index in [1.54, 1.807) is 19.1 Å². The number of hydrogen-bond acceptors (Lipinski definition) is 6. The highest BCUT2D eigenvalue weighted by Gasteiger charge is 2.14. The molecule has 0 aliphatic rings. The summed E-state index contributed by atoms with van der Waals surface area (Å²) < 4.78 is 16.4. The first-order chi connectivity index (χ1) is 13.9. The van der Waals surface area contributed by atoms with Gasteiger partial charge in [-0.25, -0.2) is 10.2 Å². The molecule has 0 radical (unpaired) electrons. The molecular formula is C20H20BrClN2O5. The van der Waals surface area contributed by atoms with E-state index >= 15 is 0 Å². The van der Waals surface area contributed by atoms with Crippen molar-refractivity contribution in [3.05, 3.63) is 57.0 Å². The number of hydrogen-bond donors (Lipinski definition) is 1. The number of amides is 1. The maximum atomic E-state index is 12.0. The first kappa shape index (κ1) is 22.7. The lowest BCUT2D eigenvalue weighted by Gasteiger charge is -2.13. The average molecular weight is 484 g/mol. The van der Waals surface area contributed by atoms with Crippen LogP contribution in [0.5, 0.6) is 11.5 Å².